The highest BCUT2D eigenvalue weighted by Crippen LogP contribution is 2.33. The van der Waals surface area contributed by atoms with Crippen molar-refractivity contribution in [1.82, 2.24) is 0 Å². The summed E-state index contributed by atoms with van der Waals surface area (Å²) in [4.78, 5) is 10.8. The number of aryl methyl sites for hydroxylation is 1. The predicted octanol–water partition coefficient (Wildman–Crippen LogP) is 3.24. The molecule has 0 spiro atoms. The van der Waals surface area contributed by atoms with Gasteiger partial charge in [-0.1, -0.05) is 19.4 Å². The van der Waals surface area contributed by atoms with Gasteiger partial charge in [-0.15, -0.1) is 0 Å². The van der Waals surface area contributed by atoms with E-state index in [4.69, 9.17) is 4.74 Å². The number of nitrogens with zero attached hydrogens (tertiary/aromatic N) is 3. The number of unbranched alkanes of at least 4 members (excludes halogenated alkanes) is 1. The number of hydrazone groups is 1. The van der Waals surface area contributed by atoms with E-state index in [1.807, 2.05) is 6.92 Å². The Morgan fingerprint density at radius 2 is 2.35 bits per heavy atom. The monoisotopic (exact) mass is 277 g/mol. The smallest absolute Gasteiger partial charge is 0.294 e. The van der Waals surface area contributed by atoms with Gasteiger partial charge in [0.2, 0.25) is 0 Å². The number of nitro groups is 1. The minimum Gasteiger partial charge on any atom is -0.356 e. The maximum Gasteiger partial charge on any atom is 0.294 e. The molecule has 0 bridgehead atoms. The van der Waals surface area contributed by atoms with E-state index >= 15 is 0 Å². The van der Waals surface area contributed by atoms with Crippen molar-refractivity contribution in [2.45, 2.75) is 39.3 Å². The van der Waals surface area contributed by atoms with Crippen LogP contribution in [0.5, 0.6) is 0 Å². The molecule has 1 aliphatic heterocycles. The maximum atomic E-state index is 11.1. The molecule has 20 heavy (non-hydrogen) atoms. The average Bonchev–Trinajstić information content (AvgIpc) is 2.87. The van der Waals surface area contributed by atoms with E-state index in [1.54, 1.807) is 23.4 Å². The second kappa shape index (κ2) is 6.47. The van der Waals surface area contributed by atoms with E-state index in [-0.39, 0.29) is 16.8 Å². The zero-order valence-corrected chi connectivity index (χ0v) is 11.8. The molecule has 6 heteroatoms. The van der Waals surface area contributed by atoms with Crippen LogP contribution in [0.3, 0.4) is 0 Å². The Balaban J connectivity index is 2.22. The Bertz CT molecular complexity index is 516. The van der Waals surface area contributed by atoms with Crippen LogP contribution >= 0.6 is 0 Å². The Kier molecular flexibility index (Phi) is 4.68. The van der Waals surface area contributed by atoms with Gasteiger partial charge in [0.15, 0.2) is 6.23 Å². The number of anilines is 1. The summed E-state index contributed by atoms with van der Waals surface area (Å²) in [6.07, 6.45) is 4.16. The second-order valence-corrected chi connectivity index (χ2v) is 4.81. The zero-order valence-electron chi connectivity index (χ0n) is 11.8. The van der Waals surface area contributed by atoms with Crippen molar-refractivity contribution in [1.29, 1.82) is 0 Å². The van der Waals surface area contributed by atoms with Gasteiger partial charge in [0.25, 0.3) is 5.69 Å². The molecule has 0 N–H and O–H groups in total. The molecule has 0 saturated carbocycles. The lowest BCUT2D eigenvalue weighted by Gasteiger charge is -2.23. The number of hydrogen-bond donors (Lipinski definition) is 0. The number of ether oxygens (including phenoxy) is 1. The van der Waals surface area contributed by atoms with Crippen LogP contribution in [0.15, 0.2) is 23.3 Å². The van der Waals surface area contributed by atoms with E-state index in [2.05, 4.69) is 12.0 Å². The molecule has 1 atom stereocenters. The van der Waals surface area contributed by atoms with Crippen LogP contribution in [0.25, 0.3) is 0 Å². The molecule has 1 heterocycles. The lowest BCUT2D eigenvalue weighted by atomic mass is 10.2. The molecule has 1 aromatic rings. The molecule has 6 nitrogen and oxygen atoms in total. The molecule has 0 saturated heterocycles. The normalized spacial score (nSPS) is 17.7. The first kappa shape index (κ1) is 14.5. The summed E-state index contributed by atoms with van der Waals surface area (Å²) in [5.41, 5.74) is 1.50. The third-order valence-corrected chi connectivity index (χ3v) is 3.17. The van der Waals surface area contributed by atoms with Gasteiger partial charge in [0, 0.05) is 25.3 Å². The third kappa shape index (κ3) is 3.14. The van der Waals surface area contributed by atoms with Gasteiger partial charge >= 0.3 is 0 Å². The van der Waals surface area contributed by atoms with Crippen LogP contribution in [0, 0.1) is 17.0 Å². The Morgan fingerprint density at radius 3 is 3.05 bits per heavy atom. The summed E-state index contributed by atoms with van der Waals surface area (Å²) in [7, 11) is 0. The summed E-state index contributed by atoms with van der Waals surface area (Å²) >= 11 is 0. The second-order valence-electron chi connectivity index (χ2n) is 4.81. The van der Waals surface area contributed by atoms with Gasteiger partial charge in [-0.3, -0.25) is 10.1 Å². The van der Waals surface area contributed by atoms with E-state index < -0.39 is 0 Å². The van der Waals surface area contributed by atoms with Crippen molar-refractivity contribution in [3.8, 4) is 0 Å². The minimum absolute atomic E-state index is 0.0544. The first-order valence-electron chi connectivity index (χ1n) is 6.81. The molecule has 108 valence electrons. The lowest BCUT2D eigenvalue weighted by molar-refractivity contribution is -0.384. The van der Waals surface area contributed by atoms with Crippen LogP contribution in [0.4, 0.5) is 11.4 Å². The Hall–Kier alpha value is -1.95. The number of nitro benzene ring substituents is 1. The highest BCUT2D eigenvalue weighted by Gasteiger charge is 2.28. The van der Waals surface area contributed by atoms with Gasteiger partial charge in [-0.05, 0) is 25.0 Å². The molecule has 1 aliphatic rings. The quantitative estimate of drug-likeness (QED) is 0.455. The van der Waals surface area contributed by atoms with Gasteiger partial charge in [0.05, 0.1) is 4.92 Å². The molecule has 0 fully saturated rings. The van der Waals surface area contributed by atoms with Gasteiger partial charge < -0.3 is 4.74 Å². The number of benzene rings is 1. The first-order chi connectivity index (χ1) is 9.63. The summed E-state index contributed by atoms with van der Waals surface area (Å²) in [5.74, 6) is 0. The Morgan fingerprint density at radius 1 is 1.55 bits per heavy atom. The van der Waals surface area contributed by atoms with Crippen LogP contribution in [0.2, 0.25) is 0 Å². The lowest BCUT2D eigenvalue weighted by Crippen LogP contribution is -2.30. The van der Waals surface area contributed by atoms with Crippen LogP contribution in [-0.2, 0) is 4.74 Å². The van der Waals surface area contributed by atoms with Crippen molar-refractivity contribution in [3.05, 3.63) is 33.9 Å². The SMILES string of the molecule is CCCCOC1CC=NN1c1cc(C)ccc1[N+](=O)[O-]. The third-order valence-electron chi connectivity index (χ3n) is 3.17. The summed E-state index contributed by atoms with van der Waals surface area (Å²) in [5, 5.41) is 17.0. The molecule has 1 unspecified atom stereocenters. The first-order valence-corrected chi connectivity index (χ1v) is 6.81. The summed E-state index contributed by atoms with van der Waals surface area (Å²) < 4.78 is 5.76. The Labute approximate surface area is 118 Å². The average molecular weight is 277 g/mol. The van der Waals surface area contributed by atoms with Crippen LogP contribution in [-0.4, -0.2) is 24.0 Å². The largest absolute Gasteiger partial charge is 0.356 e. The zero-order chi connectivity index (χ0) is 14.5. The predicted molar refractivity (Wildman–Crippen MR) is 78.1 cm³/mol. The van der Waals surface area contributed by atoms with Crippen molar-refractivity contribution in [2.75, 3.05) is 11.6 Å². The minimum atomic E-state index is -0.383. The van der Waals surface area contributed by atoms with Crippen molar-refractivity contribution >= 4 is 17.6 Å². The summed E-state index contributed by atoms with van der Waals surface area (Å²) in [6, 6.07) is 5.02. The van der Waals surface area contributed by atoms with E-state index in [1.165, 1.54) is 6.07 Å². The van der Waals surface area contributed by atoms with Gasteiger partial charge in [-0.25, -0.2) is 5.01 Å². The molecule has 2 rings (SSSR count). The van der Waals surface area contributed by atoms with Crippen molar-refractivity contribution in [3.63, 3.8) is 0 Å². The number of rotatable bonds is 6. The van der Waals surface area contributed by atoms with Crippen LogP contribution in [0.1, 0.15) is 31.7 Å². The molecular formula is C14H19N3O3. The standard InChI is InChI=1S/C14H19N3O3/c1-3-4-9-20-14-7-8-15-16(14)13-10-11(2)5-6-12(13)17(18)19/h5-6,8,10,14H,3-4,7,9H2,1-2H3. The molecular weight excluding hydrogens is 258 g/mol. The van der Waals surface area contributed by atoms with E-state index in [0.717, 1.165) is 18.4 Å². The van der Waals surface area contributed by atoms with E-state index in [0.29, 0.717) is 18.7 Å². The fourth-order valence-corrected chi connectivity index (χ4v) is 2.09. The van der Waals surface area contributed by atoms with Gasteiger partial charge in [0.1, 0.15) is 5.69 Å². The van der Waals surface area contributed by atoms with Crippen LogP contribution < -0.4 is 5.01 Å². The fourth-order valence-electron chi connectivity index (χ4n) is 2.09. The van der Waals surface area contributed by atoms with Crippen molar-refractivity contribution in [2.24, 2.45) is 5.10 Å². The molecule has 1 aromatic carbocycles. The highest BCUT2D eigenvalue weighted by molar-refractivity contribution is 5.71. The molecule has 0 aromatic heterocycles. The molecule has 0 aliphatic carbocycles. The fraction of sp³-hybridized carbons (Fsp3) is 0.500. The summed E-state index contributed by atoms with van der Waals surface area (Å²) in [6.45, 7) is 4.64. The topological polar surface area (TPSA) is 68.0 Å². The number of hydrogen-bond acceptors (Lipinski definition) is 5. The van der Waals surface area contributed by atoms with Gasteiger partial charge in [-0.2, -0.15) is 5.10 Å². The highest BCUT2D eigenvalue weighted by atomic mass is 16.6. The van der Waals surface area contributed by atoms with E-state index in [9.17, 15) is 10.1 Å². The molecule has 0 amide bonds. The molecule has 0 radical (unpaired) electrons. The maximum absolute atomic E-state index is 11.1. The van der Waals surface area contributed by atoms with Crippen molar-refractivity contribution < 1.29 is 9.66 Å².